The van der Waals surface area contributed by atoms with Gasteiger partial charge in [-0.1, -0.05) is 24.3 Å². The minimum absolute atomic E-state index is 0.430. The van der Waals surface area contributed by atoms with Crippen molar-refractivity contribution in [3.05, 3.63) is 35.4 Å². The average molecular weight is 178 g/mol. The third-order valence-electron chi connectivity index (χ3n) is 2.50. The Labute approximate surface area is 80.4 Å². The van der Waals surface area contributed by atoms with E-state index in [1.54, 1.807) is 0 Å². The smallest absolute Gasteiger partial charge is 0.0317 e. The second-order valence-corrected chi connectivity index (χ2v) is 3.54. The standard InChI is InChI=1S/C11H18N2/c1-9(13(2)3)11-7-5-4-6-10(11)8-12/h4-7,9H,8,12H2,1-3H3. The molecular formula is C11H18N2. The van der Waals surface area contributed by atoms with E-state index in [9.17, 15) is 0 Å². The van der Waals surface area contributed by atoms with Crippen LogP contribution in [-0.4, -0.2) is 19.0 Å². The molecule has 0 spiro atoms. The molecule has 0 aliphatic rings. The summed E-state index contributed by atoms with van der Waals surface area (Å²) in [5.74, 6) is 0. The van der Waals surface area contributed by atoms with Gasteiger partial charge in [0.25, 0.3) is 0 Å². The first kappa shape index (κ1) is 10.2. The van der Waals surface area contributed by atoms with Gasteiger partial charge in [0.2, 0.25) is 0 Å². The molecule has 0 bridgehead atoms. The first-order valence-electron chi connectivity index (χ1n) is 4.61. The molecule has 2 N–H and O–H groups in total. The number of benzene rings is 1. The molecule has 1 aromatic rings. The third-order valence-corrected chi connectivity index (χ3v) is 2.50. The number of hydrogen-bond acceptors (Lipinski definition) is 2. The topological polar surface area (TPSA) is 29.3 Å². The molecule has 1 rings (SSSR count). The van der Waals surface area contributed by atoms with E-state index in [-0.39, 0.29) is 0 Å². The lowest BCUT2D eigenvalue weighted by atomic mass is 10.0. The summed E-state index contributed by atoms with van der Waals surface area (Å²) in [5, 5.41) is 0. The first-order valence-corrected chi connectivity index (χ1v) is 4.61. The minimum Gasteiger partial charge on any atom is -0.326 e. The monoisotopic (exact) mass is 178 g/mol. The van der Waals surface area contributed by atoms with E-state index in [2.05, 4.69) is 44.1 Å². The van der Waals surface area contributed by atoms with Gasteiger partial charge in [-0.15, -0.1) is 0 Å². The van der Waals surface area contributed by atoms with Crippen molar-refractivity contribution in [3.63, 3.8) is 0 Å². The van der Waals surface area contributed by atoms with Crippen LogP contribution < -0.4 is 5.73 Å². The van der Waals surface area contributed by atoms with E-state index in [1.165, 1.54) is 11.1 Å². The summed E-state index contributed by atoms with van der Waals surface area (Å²) in [5.41, 5.74) is 8.24. The highest BCUT2D eigenvalue weighted by molar-refractivity contribution is 5.29. The zero-order valence-electron chi connectivity index (χ0n) is 8.62. The molecule has 2 heteroatoms. The van der Waals surface area contributed by atoms with Crippen molar-refractivity contribution >= 4 is 0 Å². The van der Waals surface area contributed by atoms with Crippen LogP contribution >= 0.6 is 0 Å². The molecule has 2 nitrogen and oxygen atoms in total. The van der Waals surface area contributed by atoms with Crippen molar-refractivity contribution in [3.8, 4) is 0 Å². The Morgan fingerprint density at radius 3 is 2.46 bits per heavy atom. The molecule has 0 aromatic heterocycles. The summed E-state index contributed by atoms with van der Waals surface area (Å²) in [6.07, 6.45) is 0. The van der Waals surface area contributed by atoms with E-state index in [0.717, 1.165) is 0 Å². The quantitative estimate of drug-likeness (QED) is 0.764. The number of nitrogens with two attached hydrogens (primary N) is 1. The average Bonchev–Trinajstić information content (AvgIpc) is 2.16. The summed E-state index contributed by atoms with van der Waals surface area (Å²) in [6, 6.07) is 8.77. The Morgan fingerprint density at radius 1 is 1.31 bits per heavy atom. The molecular weight excluding hydrogens is 160 g/mol. The van der Waals surface area contributed by atoms with Crippen molar-refractivity contribution < 1.29 is 0 Å². The lowest BCUT2D eigenvalue weighted by Gasteiger charge is -2.22. The second-order valence-electron chi connectivity index (χ2n) is 3.54. The van der Waals surface area contributed by atoms with Crippen LogP contribution in [0.25, 0.3) is 0 Å². The first-order chi connectivity index (χ1) is 6.16. The van der Waals surface area contributed by atoms with Crippen molar-refractivity contribution in [2.24, 2.45) is 5.73 Å². The fourth-order valence-corrected chi connectivity index (χ4v) is 1.41. The van der Waals surface area contributed by atoms with Crippen LogP contribution in [0.4, 0.5) is 0 Å². The Kier molecular flexibility index (Phi) is 3.46. The molecule has 0 saturated carbocycles. The predicted molar refractivity (Wildman–Crippen MR) is 56.4 cm³/mol. The van der Waals surface area contributed by atoms with E-state index in [1.807, 2.05) is 6.07 Å². The van der Waals surface area contributed by atoms with Gasteiger partial charge in [0, 0.05) is 12.6 Å². The predicted octanol–water partition coefficient (Wildman–Crippen LogP) is 1.77. The molecule has 72 valence electrons. The number of rotatable bonds is 3. The van der Waals surface area contributed by atoms with Gasteiger partial charge in [-0.2, -0.15) is 0 Å². The van der Waals surface area contributed by atoms with Gasteiger partial charge in [-0.25, -0.2) is 0 Å². The van der Waals surface area contributed by atoms with Crippen molar-refractivity contribution in [1.82, 2.24) is 4.90 Å². The lowest BCUT2D eigenvalue weighted by Crippen LogP contribution is -2.18. The molecule has 0 fully saturated rings. The highest BCUT2D eigenvalue weighted by atomic mass is 15.1. The molecule has 1 unspecified atom stereocenters. The van der Waals surface area contributed by atoms with Gasteiger partial charge in [0.1, 0.15) is 0 Å². The van der Waals surface area contributed by atoms with E-state index in [0.29, 0.717) is 12.6 Å². The van der Waals surface area contributed by atoms with Crippen molar-refractivity contribution in [2.45, 2.75) is 19.5 Å². The lowest BCUT2D eigenvalue weighted by molar-refractivity contribution is 0.319. The van der Waals surface area contributed by atoms with E-state index < -0.39 is 0 Å². The van der Waals surface area contributed by atoms with Gasteiger partial charge >= 0.3 is 0 Å². The fraction of sp³-hybridized carbons (Fsp3) is 0.455. The maximum absolute atomic E-state index is 5.67. The Balaban J connectivity index is 2.98. The summed E-state index contributed by atoms with van der Waals surface area (Å²) in [4.78, 5) is 2.19. The molecule has 1 atom stereocenters. The van der Waals surface area contributed by atoms with Crippen LogP contribution in [0.1, 0.15) is 24.1 Å². The summed E-state index contributed by atoms with van der Waals surface area (Å²) >= 11 is 0. The highest BCUT2D eigenvalue weighted by Crippen LogP contribution is 2.20. The summed E-state index contributed by atoms with van der Waals surface area (Å²) in [7, 11) is 4.16. The molecule has 0 aliphatic heterocycles. The van der Waals surface area contributed by atoms with Crippen molar-refractivity contribution in [1.29, 1.82) is 0 Å². The molecule has 13 heavy (non-hydrogen) atoms. The number of hydrogen-bond donors (Lipinski definition) is 1. The van der Waals surface area contributed by atoms with E-state index >= 15 is 0 Å². The molecule has 0 aliphatic carbocycles. The van der Waals surface area contributed by atoms with Crippen LogP contribution in [0.3, 0.4) is 0 Å². The minimum atomic E-state index is 0.430. The molecule has 1 aromatic carbocycles. The van der Waals surface area contributed by atoms with Crippen LogP contribution in [-0.2, 0) is 6.54 Å². The van der Waals surface area contributed by atoms with Crippen LogP contribution in [0, 0.1) is 0 Å². The normalized spacial score (nSPS) is 13.3. The van der Waals surface area contributed by atoms with Gasteiger partial charge in [0.05, 0.1) is 0 Å². The largest absolute Gasteiger partial charge is 0.326 e. The Hall–Kier alpha value is -0.860. The maximum Gasteiger partial charge on any atom is 0.0317 e. The van der Waals surface area contributed by atoms with Crippen LogP contribution in [0.2, 0.25) is 0 Å². The SMILES string of the molecule is CC(c1ccccc1CN)N(C)C. The van der Waals surface area contributed by atoms with Crippen LogP contribution in [0.15, 0.2) is 24.3 Å². The fourth-order valence-electron chi connectivity index (χ4n) is 1.41. The Bertz CT molecular complexity index is 269. The molecule has 0 radical (unpaired) electrons. The van der Waals surface area contributed by atoms with Gasteiger partial charge in [-0.05, 0) is 32.1 Å². The van der Waals surface area contributed by atoms with Gasteiger partial charge in [0.15, 0.2) is 0 Å². The van der Waals surface area contributed by atoms with Crippen molar-refractivity contribution in [2.75, 3.05) is 14.1 Å². The van der Waals surface area contributed by atoms with Gasteiger partial charge in [-0.3, -0.25) is 0 Å². The zero-order chi connectivity index (χ0) is 9.84. The summed E-state index contributed by atoms with van der Waals surface area (Å²) < 4.78 is 0. The second kappa shape index (κ2) is 4.40. The molecule has 0 amide bonds. The van der Waals surface area contributed by atoms with Gasteiger partial charge < -0.3 is 10.6 Å². The summed E-state index contributed by atoms with van der Waals surface area (Å²) in [6.45, 7) is 2.81. The maximum atomic E-state index is 5.67. The third kappa shape index (κ3) is 2.29. The Morgan fingerprint density at radius 2 is 1.92 bits per heavy atom. The zero-order valence-corrected chi connectivity index (χ0v) is 8.62. The molecule has 0 heterocycles. The van der Waals surface area contributed by atoms with E-state index in [4.69, 9.17) is 5.73 Å². The molecule has 0 saturated heterocycles. The number of nitrogens with zero attached hydrogens (tertiary/aromatic N) is 1. The van der Waals surface area contributed by atoms with Crippen LogP contribution in [0.5, 0.6) is 0 Å². The highest BCUT2D eigenvalue weighted by Gasteiger charge is 2.10.